The number of esters is 2. The summed E-state index contributed by atoms with van der Waals surface area (Å²) in [5.74, 6) is 2.83. The van der Waals surface area contributed by atoms with E-state index in [1.807, 2.05) is 27.7 Å². The summed E-state index contributed by atoms with van der Waals surface area (Å²) < 4.78 is 11.7. The number of hydrogen-bond donors (Lipinski definition) is 1. The van der Waals surface area contributed by atoms with E-state index < -0.39 is 0 Å². The Bertz CT molecular complexity index is 883. The van der Waals surface area contributed by atoms with Crippen LogP contribution >= 0.6 is 0 Å². The largest absolute Gasteiger partial charge is 0.462 e. The van der Waals surface area contributed by atoms with Crippen LogP contribution in [0.1, 0.15) is 132 Å². The summed E-state index contributed by atoms with van der Waals surface area (Å²) in [7, 11) is 0. The van der Waals surface area contributed by atoms with Gasteiger partial charge in [0.2, 0.25) is 0 Å². The van der Waals surface area contributed by atoms with Gasteiger partial charge in [-0.3, -0.25) is 9.59 Å². The highest BCUT2D eigenvalue weighted by atomic mass is 16.6. The Balaban J connectivity index is 1.41. The van der Waals surface area contributed by atoms with Gasteiger partial charge in [0.05, 0.1) is 12.0 Å². The van der Waals surface area contributed by atoms with Crippen molar-refractivity contribution in [3.63, 3.8) is 0 Å². The fourth-order valence-corrected chi connectivity index (χ4v) is 9.69. The first-order chi connectivity index (χ1) is 18.3. The second-order valence-electron chi connectivity index (χ2n) is 15.3. The molecular weight excluding hydrogens is 488 g/mol. The maximum absolute atomic E-state index is 12.5. The fourth-order valence-electron chi connectivity index (χ4n) is 9.69. The average Bonchev–Trinajstić information content (AvgIpc) is 3.24. The molecule has 11 unspecified atom stereocenters. The summed E-state index contributed by atoms with van der Waals surface area (Å²) in [4.78, 5) is 25.0. The zero-order chi connectivity index (χ0) is 28.8. The number of aliphatic hydroxyl groups is 1. The van der Waals surface area contributed by atoms with Crippen LogP contribution in [0.4, 0.5) is 0 Å². The fraction of sp³-hybridized carbons (Fsp3) is 0.941. The summed E-state index contributed by atoms with van der Waals surface area (Å²) in [6, 6.07) is 0. The molecule has 4 saturated carbocycles. The summed E-state index contributed by atoms with van der Waals surface area (Å²) in [5, 5.41) is 11.7. The maximum atomic E-state index is 12.5. The number of aliphatic hydroxyl groups excluding tert-OH is 1. The monoisotopic (exact) mass is 546 g/mol. The Morgan fingerprint density at radius 2 is 1.64 bits per heavy atom. The third kappa shape index (κ3) is 5.95. The molecule has 0 heterocycles. The van der Waals surface area contributed by atoms with Gasteiger partial charge in [0.1, 0.15) is 11.7 Å². The molecule has 0 aromatic heterocycles. The van der Waals surface area contributed by atoms with Crippen LogP contribution in [0, 0.1) is 52.3 Å². The standard InChI is InChI=1S/C34H58O5/c1-9-21(3)31(37)38-24-15-17-33(7)23(19-24)20-28(35)30-26-13-12-25(34(26,8)18-16-27(30)33)22(4)11-14-29(36)39-32(5,6)10-2/h21-28,30,35H,9-20H2,1-8H3. The Kier molecular flexibility index (Phi) is 9.21. The van der Waals surface area contributed by atoms with Gasteiger partial charge < -0.3 is 14.6 Å². The Morgan fingerprint density at radius 1 is 0.974 bits per heavy atom. The highest BCUT2D eigenvalue weighted by molar-refractivity contribution is 5.72. The molecule has 39 heavy (non-hydrogen) atoms. The molecule has 0 aromatic rings. The summed E-state index contributed by atoms with van der Waals surface area (Å²) >= 11 is 0. The van der Waals surface area contributed by atoms with E-state index in [1.54, 1.807) is 0 Å². The van der Waals surface area contributed by atoms with Crippen molar-refractivity contribution in [2.75, 3.05) is 0 Å². The predicted octanol–water partition coefficient (Wildman–Crippen LogP) is 7.72. The van der Waals surface area contributed by atoms with Gasteiger partial charge in [-0.15, -0.1) is 0 Å². The molecule has 1 N–H and O–H groups in total. The molecule has 5 nitrogen and oxygen atoms in total. The molecule has 0 bridgehead atoms. The summed E-state index contributed by atoms with van der Waals surface area (Å²) in [5.41, 5.74) is 0.0768. The molecule has 5 heteroatoms. The lowest BCUT2D eigenvalue weighted by molar-refractivity contribution is -0.184. The van der Waals surface area contributed by atoms with E-state index in [2.05, 4.69) is 27.7 Å². The lowest BCUT2D eigenvalue weighted by Crippen LogP contribution is -2.58. The number of fused-ring (bicyclic) bond motifs is 5. The van der Waals surface area contributed by atoms with Crippen LogP contribution < -0.4 is 0 Å². The highest BCUT2D eigenvalue weighted by Gasteiger charge is 2.63. The smallest absolute Gasteiger partial charge is 0.308 e. The van der Waals surface area contributed by atoms with Crippen LogP contribution in [0.15, 0.2) is 0 Å². The maximum Gasteiger partial charge on any atom is 0.308 e. The minimum atomic E-state index is -0.386. The van der Waals surface area contributed by atoms with Crippen molar-refractivity contribution in [2.24, 2.45) is 52.3 Å². The quantitative estimate of drug-likeness (QED) is 0.300. The summed E-state index contributed by atoms with van der Waals surface area (Å²) in [6.07, 6.45) is 11.4. The number of carbonyl (C=O) groups is 2. The number of hydrogen-bond acceptors (Lipinski definition) is 5. The Labute approximate surface area is 238 Å². The molecule has 0 saturated heterocycles. The van der Waals surface area contributed by atoms with Crippen LogP contribution in [0.5, 0.6) is 0 Å². The van der Waals surface area contributed by atoms with E-state index >= 15 is 0 Å². The van der Waals surface area contributed by atoms with Crippen molar-refractivity contribution in [1.82, 2.24) is 0 Å². The SMILES string of the molecule is CCC(C)C(=O)OC1CCC2(C)C(C1)CC(O)C1C2CCC2(C)C(C(C)CCC(=O)OC(C)(C)CC)CCC12. The van der Waals surface area contributed by atoms with E-state index in [1.165, 1.54) is 25.7 Å². The minimum Gasteiger partial charge on any atom is -0.462 e. The van der Waals surface area contributed by atoms with Crippen LogP contribution in [0.2, 0.25) is 0 Å². The molecule has 224 valence electrons. The van der Waals surface area contributed by atoms with Gasteiger partial charge in [0.15, 0.2) is 0 Å². The van der Waals surface area contributed by atoms with Crippen LogP contribution in [0.25, 0.3) is 0 Å². The molecule has 0 spiro atoms. The van der Waals surface area contributed by atoms with E-state index in [-0.39, 0.29) is 46.5 Å². The molecular formula is C34H58O5. The molecule has 4 aliphatic rings. The molecule has 4 rings (SSSR count). The summed E-state index contributed by atoms with van der Waals surface area (Å²) in [6.45, 7) is 17.4. The van der Waals surface area contributed by atoms with Crippen LogP contribution in [0.3, 0.4) is 0 Å². The van der Waals surface area contributed by atoms with Crippen molar-refractivity contribution >= 4 is 11.9 Å². The van der Waals surface area contributed by atoms with Crippen molar-refractivity contribution in [3.05, 3.63) is 0 Å². The van der Waals surface area contributed by atoms with Gasteiger partial charge in [-0.1, -0.05) is 41.5 Å². The zero-order valence-corrected chi connectivity index (χ0v) is 26.3. The molecule has 0 amide bonds. The van der Waals surface area contributed by atoms with Gasteiger partial charge in [-0.05, 0) is 131 Å². The van der Waals surface area contributed by atoms with Gasteiger partial charge in [-0.2, -0.15) is 0 Å². The van der Waals surface area contributed by atoms with Gasteiger partial charge in [0.25, 0.3) is 0 Å². The number of rotatable bonds is 9. The molecule has 4 fully saturated rings. The topological polar surface area (TPSA) is 72.8 Å². The van der Waals surface area contributed by atoms with Crippen LogP contribution in [-0.4, -0.2) is 34.9 Å². The van der Waals surface area contributed by atoms with Gasteiger partial charge >= 0.3 is 11.9 Å². The third-order valence-corrected chi connectivity index (χ3v) is 12.7. The third-order valence-electron chi connectivity index (χ3n) is 12.7. The predicted molar refractivity (Wildman–Crippen MR) is 155 cm³/mol. The van der Waals surface area contributed by atoms with E-state index in [4.69, 9.17) is 9.47 Å². The lowest BCUT2D eigenvalue weighted by atomic mass is 9.43. The molecule has 0 aliphatic heterocycles. The first-order valence-electron chi connectivity index (χ1n) is 16.4. The van der Waals surface area contributed by atoms with E-state index in [9.17, 15) is 14.7 Å². The normalized spacial score (nSPS) is 41.5. The van der Waals surface area contributed by atoms with Crippen LogP contribution in [-0.2, 0) is 19.1 Å². The van der Waals surface area contributed by atoms with Gasteiger partial charge in [0, 0.05) is 6.42 Å². The molecule has 4 aliphatic carbocycles. The van der Waals surface area contributed by atoms with Crippen molar-refractivity contribution in [2.45, 2.75) is 150 Å². The first-order valence-corrected chi connectivity index (χ1v) is 16.4. The average molecular weight is 547 g/mol. The van der Waals surface area contributed by atoms with E-state index in [0.29, 0.717) is 41.9 Å². The first kappa shape index (κ1) is 30.8. The van der Waals surface area contributed by atoms with Crippen molar-refractivity contribution < 1.29 is 24.2 Å². The van der Waals surface area contributed by atoms with Crippen molar-refractivity contribution in [1.29, 1.82) is 0 Å². The number of carbonyl (C=O) groups excluding carboxylic acids is 2. The second kappa shape index (κ2) is 11.6. The Morgan fingerprint density at radius 3 is 2.31 bits per heavy atom. The lowest BCUT2D eigenvalue weighted by Gasteiger charge is -2.62. The highest BCUT2D eigenvalue weighted by Crippen LogP contribution is 2.68. The van der Waals surface area contributed by atoms with E-state index in [0.717, 1.165) is 44.9 Å². The Hall–Kier alpha value is -1.10. The number of ether oxygens (including phenoxy) is 2. The molecule has 0 radical (unpaired) electrons. The van der Waals surface area contributed by atoms with Crippen molar-refractivity contribution in [3.8, 4) is 0 Å². The molecule has 0 aromatic carbocycles. The second-order valence-corrected chi connectivity index (χ2v) is 15.3. The zero-order valence-electron chi connectivity index (χ0n) is 26.3. The van der Waals surface area contributed by atoms with Gasteiger partial charge in [-0.25, -0.2) is 0 Å². The minimum absolute atomic E-state index is 0.00785. The molecule has 11 atom stereocenters.